The number of halogens is 1. The zero-order valence-electron chi connectivity index (χ0n) is 6.17. The second-order valence-corrected chi connectivity index (χ2v) is 2.69. The monoisotopic (exact) mass is 182 g/mol. The highest BCUT2D eigenvalue weighted by molar-refractivity contribution is 4.89. The maximum Gasteiger partial charge on any atom is 0.184 e. The molecule has 0 aromatic heterocycles. The smallest absolute Gasteiger partial charge is 0.184 e. The molecular weight excluding hydrogens is 171 g/mol. The third-order valence-corrected chi connectivity index (χ3v) is 1.81. The Morgan fingerprint density at radius 3 is 2.17 bits per heavy atom. The van der Waals surface area contributed by atoms with Crippen LogP contribution in [0.15, 0.2) is 0 Å². The number of rotatable bonds is 2. The molecule has 1 rings (SSSR count). The van der Waals surface area contributed by atoms with E-state index in [2.05, 4.69) is 4.74 Å². The summed E-state index contributed by atoms with van der Waals surface area (Å²) in [4.78, 5) is 0. The van der Waals surface area contributed by atoms with E-state index in [1.165, 1.54) is 0 Å². The van der Waals surface area contributed by atoms with Gasteiger partial charge >= 0.3 is 0 Å². The molecule has 0 saturated carbocycles. The molecule has 0 aromatic carbocycles. The quantitative estimate of drug-likeness (QED) is 0.387. The standard InChI is InChI=1S/C6H11FO5/c7-1-2(8)5-3(9)4(10)6(11)12-5/h2-6,8-11H,1H2/t2-,3-,4-,5+,6+/m1/s1. The van der Waals surface area contributed by atoms with Crippen LogP contribution in [-0.4, -0.2) is 57.8 Å². The second-order valence-electron chi connectivity index (χ2n) is 2.69. The van der Waals surface area contributed by atoms with Crippen molar-refractivity contribution in [3.8, 4) is 0 Å². The third-order valence-electron chi connectivity index (χ3n) is 1.81. The second kappa shape index (κ2) is 3.63. The van der Waals surface area contributed by atoms with Crippen LogP contribution in [0.5, 0.6) is 0 Å². The van der Waals surface area contributed by atoms with Crippen molar-refractivity contribution in [2.75, 3.05) is 6.67 Å². The van der Waals surface area contributed by atoms with Crippen molar-refractivity contribution < 1.29 is 29.6 Å². The van der Waals surface area contributed by atoms with Gasteiger partial charge in [-0.15, -0.1) is 0 Å². The fraction of sp³-hybridized carbons (Fsp3) is 1.00. The van der Waals surface area contributed by atoms with Crippen molar-refractivity contribution in [2.24, 2.45) is 0 Å². The molecule has 1 aliphatic rings. The lowest BCUT2D eigenvalue weighted by molar-refractivity contribution is -0.147. The summed E-state index contributed by atoms with van der Waals surface area (Å²) in [5, 5.41) is 35.7. The van der Waals surface area contributed by atoms with Crippen LogP contribution in [0.1, 0.15) is 0 Å². The lowest BCUT2D eigenvalue weighted by atomic mass is 10.1. The van der Waals surface area contributed by atoms with Crippen LogP contribution in [0.4, 0.5) is 4.39 Å². The molecule has 1 aliphatic heterocycles. The number of aliphatic hydroxyl groups is 4. The predicted molar refractivity (Wildman–Crippen MR) is 34.9 cm³/mol. The van der Waals surface area contributed by atoms with Crippen LogP contribution in [-0.2, 0) is 4.74 Å². The van der Waals surface area contributed by atoms with Gasteiger partial charge in [0, 0.05) is 0 Å². The van der Waals surface area contributed by atoms with Crippen LogP contribution < -0.4 is 0 Å². The molecule has 0 amide bonds. The highest BCUT2D eigenvalue weighted by Crippen LogP contribution is 2.22. The van der Waals surface area contributed by atoms with E-state index in [0.717, 1.165) is 0 Å². The summed E-state index contributed by atoms with van der Waals surface area (Å²) < 4.78 is 16.4. The molecule has 72 valence electrons. The number of aliphatic hydroxyl groups excluding tert-OH is 4. The highest BCUT2D eigenvalue weighted by Gasteiger charge is 2.45. The van der Waals surface area contributed by atoms with Crippen LogP contribution >= 0.6 is 0 Å². The summed E-state index contributed by atoms with van der Waals surface area (Å²) in [5.74, 6) is 0. The Labute approximate surface area is 68.0 Å². The summed E-state index contributed by atoms with van der Waals surface area (Å²) in [6, 6.07) is 0. The molecule has 1 saturated heterocycles. The van der Waals surface area contributed by atoms with Gasteiger partial charge < -0.3 is 25.2 Å². The minimum absolute atomic E-state index is 1.10. The first kappa shape index (κ1) is 9.82. The maximum atomic E-state index is 11.9. The third kappa shape index (κ3) is 1.57. The van der Waals surface area contributed by atoms with Crippen LogP contribution in [0.2, 0.25) is 0 Å². The van der Waals surface area contributed by atoms with Gasteiger partial charge in [-0.25, -0.2) is 4.39 Å². The Hall–Kier alpha value is -0.270. The average Bonchev–Trinajstić information content (AvgIpc) is 2.32. The summed E-state index contributed by atoms with van der Waals surface area (Å²) in [6.07, 6.45) is -7.29. The van der Waals surface area contributed by atoms with E-state index >= 15 is 0 Å². The number of hydrogen-bond acceptors (Lipinski definition) is 5. The molecule has 4 N–H and O–H groups in total. The number of ether oxygens (including phenoxy) is 1. The summed E-state index contributed by atoms with van der Waals surface area (Å²) >= 11 is 0. The molecule has 0 aromatic rings. The van der Waals surface area contributed by atoms with Gasteiger partial charge in [-0.05, 0) is 0 Å². The fourth-order valence-electron chi connectivity index (χ4n) is 1.09. The molecule has 5 atom stereocenters. The van der Waals surface area contributed by atoms with E-state index in [1.807, 2.05) is 0 Å². The molecule has 0 bridgehead atoms. The lowest BCUT2D eigenvalue weighted by Crippen LogP contribution is -2.39. The molecule has 0 radical (unpaired) electrons. The zero-order chi connectivity index (χ0) is 9.30. The lowest BCUT2D eigenvalue weighted by Gasteiger charge is -2.17. The first-order chi connectivity index (χ1) is 5.57. The van der Waals surface area contributed by atoms with Crippen molar-refractivity contribution in [2.45, 2.75) is 30.7 Å². The van der Waals surface area contributed by atoms with Gasteiger partial charge in [0.05, 0.1) is 0 Å². The SMILES string of the molecule is O[C@@H]1[C@@H](O)[C@@H](O)O[C@H]1[C@H](O)CF. The van der Waals surface area contributed by atoms with Gasteiger partial charge in [0.15, 0.2) is 6.29 Å². The molecule has 5 nitrogen and oxygen atoms in total. The van der Waals surface area contributed by atoms with E-state index in [-0.39, 0.29) is 0 Å². The van der Waals surface area contributed by atoms with Gasteiger partial charge in [0.1, 0.15) is 31.1 Å². The molecule has 0 unspecified atom stereocenters. The maximum absolute atomic E-state index is 11.9. The van der Waals surface area contributed by atoms with Crippen molar-refractivity contribution in [1.82, 2.24) is 0 Å². The predicted octanol–water partition coefficient (Wildman–Crippen LogP) is -2.24. The minimum atomic E-state index is -1.56. The molecule has 0 spiro atoms. The van der Waals surface area contributed by atoms with Crippen LogP contribution in [0, 0.1) is 0 Å². The van der Waals surface area contributed by atoms with Crippen molar-refractivity contribution in [1.29, 1.82) is 0 Å². The first-order valence-electron chi connectivity index (χ1n) is 3.51. The van der Waals surface area contributed by atoms with E-state index in [1.54, 1.807) is 0 Å². The van der Waals surface area contributed by atoms with Crippen molar-refractivity contribution in [3.63, 3.8) is 0 Å². The Morgan fingerprint density at radius 1 is 1.25 bits per heavy atom. The van der Waals surface area contributed by atoms with Crippen molar-refractivity contribution in [3.05, 3.63) is 0 Å². The van der Waals surface area contributed by atoms with Gasteiger partial charge in [-0.2, -0.15) is 0 Å². The molecule has 0 aliphatic carbocycles. The van der Waals surface area contributed by atoms with E-state index < -0.39 is 37.4 Å². The van der Waals surface area contributed by atoms with Gasteiger partial charge in [0.2, 0.25) is 0 Å². The molecule has 1 heterocycles. The fourth-order valence-corrected chi connectivity index (χ4v) is 1.09. The topological polar surface area (TPSA) is 90.2 Å². The van der Waals surface area contributed by atoms with Crippen LogP contribution in [0.25, 0.3) is 0 Å². The van der Waals surface area contributed by atoms with Gasteiger partial charge in [0.25, 0.3) is 0 Å². The number of hydrogen-bond donors (Lipinski definition) is 4. The zero-order valence-corrected chi connectivity index (χ0v) is 6.17. The first-order valence-corrected chi connectivity index (χ1v) is 3.51. The largest absolute Gasteiger partial charge is 0.388 e. The Bertz CT molecular complexity index is 155. The average molecular weight is 182 g/mol. The number of alkyl halides is 1. The molecule has 1 fully saturated rings. The van der Waals surface area contributed by atoms with Crippen LogP contribution in [0.3, 0.4) is 0 Å². The summed E-state index contributed by atoms with van der Waals surface area (Å²) in [6.45, 7) is -1.10. The van der Waals surface area contributed by atoms with Gasteiger partial charge in [-0.3, -0.25) is 0 Å². The Balaban J connectivity index is 2.58. The highest BCUT2D eigenvalue weighted by atomic mass is 19.1. The Morgan fingerprint density at radius 2 is 1.83 bits per heavy atom. The van der Waals surface area contributed by atoms with Gasteiger partial charge in [-0.1, -0.05) is 0 Å². The summed E-state index contributed by atoms with van der Waals surface area (Å²) in [7, 11) is 0. The Kier molecular flexibility index (Phi) is 2.97. The van der Waals surface area contributed by atoms with E-state index in [0.29, 0.717) is 0 Å². The summed E-state index contributed by atoms with van der Waals surface area (Å²) in [5.41, 5.74) is 0. The molecule has 12 heavy (non-hydrogen) atoms. The normalized spacial score (nSPS) is 44.8. The van der Waals surface area contributed by atoms with Crippen molar-refractivity contribution >= 4 is 0 Å². The molecule has 6 heteroatoms. The van der Waals surface area contributed by atoms with E-state index in [9.17, 15) is 4.39 Å². The molecular formula is C6H11FO5. The minimum Gasteiger partial charge on any atom is -0.388 e. The van der Waals surface area contributed by atoms with E-state index in [4.69, 9.17) is 20.4 Å².